The van der Waals surface area contributed by atoms with Crippen LogP contribution in [0, 0.1) is 27.7 Å². The molecular weight excluding hydrogens is 440 g/mol. The van der Waals surface area contributed by atoms with E-state index in [-0.39, 0.29) is 5.57 Å². The molecule has 0 saturated carbocycles. The molecule has 0 aliphatic carbocycles. The number of methoxy groups -OCH3 is 1. The summed E-state index contributed by atoms with van der Waals surface area (Å²) < 4.78 is 5.42. The highest BCUT2D eigenvalue weighted by molar-refractivity contribution is 6.39. The Morgan fingerprint density at radius 3 is 2.23 bits per heavy atom. The summed E-state index contributed by atoms with van der Waals surface area (Å²) in [6, 6.07) is 16.5. The molecule has 1 fully saturated rings. The van der Waals surface area contributed by atoms with E-state index in [9.17, 15) is 14.4 Å². The third kappa shape index (κ3) is 5.01. The molecule has 0 bridgehead atoms. The van der Waals surface area contributed by atoms with E-state index in [0.717, 1.165) is 38.3 Å². The first-order chi connectivity index (χ1) is 16.7. The van der Waals surface area contributed by atoms with E-state index in [1.165, 1.54) is 0 Å². The first-order valence-corrected chi connectivity index (χ1v) is 11.4. The Morgan fingerprint density at radius 2 is 1.57 bits per heavy atom. The zero-order valence-electron chi connectivity index (χ0n) is 20.6. The molecule has 6 nitrogen and oxygen atoms in total. The Bertz CT molecular complexity index is 1370. The molecule has 3 aromatic rings. The van der Waals surface area contributed by atoms with E-state index in [2.05, 4.69) is 37.4 Å². The number of carbonyl (C=O) groups excluding carboxylic acids is 3. The first kappa shape index (κ1) is 24.0. The van der Waals surface area contributed by atoms with Crippen LogP contribution in [0.4, 0.5) is 10.5 Å². The van der Waals surface area contributed by atoms with E-state index in [1.54, 1.807) is 25.3 Å². The molecule has 178 valence electrons. The van der Waals surface area contributed by atoms with Gasteiger partial charge in [0.2, 0.25) is 0 Å². The Labute approximate surface area is 205 Å². The molecule has 4 amide bonds. The van der Waals surface area contributed by atoms with Crippen molar-refractivity contribution >= 4 is 29.6 Å². The lowest BCUT2D eigenvalue weighted by Gasteiger charge is -2.27. The quantitative estimate of drug-likeness (QED) is 0.413. The van der Waals surface area contributed by atoms with Crippen molar-refractivity contribution in [2.75, 3.05) is 12.0 Å². The van der Waals surface area contributed by atoms with Crippen LogP contribution in [0.25, 0.3) is 6.08 Å². The van der Waals surface area contributed by atoms with Crippen LogP contribution in [0.15, 0.2) is 60.2 Å². The van der Waals surface area contributed by atoms with Crippen LogP contribution in [0.5, 0.6) is 5.75 Å². The second-order valence-corrected chi connectivity index (χ2v) is 8.99. The van der Waals surface area contributed by atoms with Crippen molar-refractivity contribution < 1.29 is 19.1 Å². The van der Waals surface area contributed by atoms with Crippen molar-refractivity contribution in [1.29, 1.82) is 0 Å². The summed E-state index contributed by atoms with van der Waals surface area (Å²) in [5.41, 5.74) is 7.16. The third-order valence-corrected chi connectivity index (χ3v) is 6.02. The van der Waals surface area contributed by atoms with Gasteiger partial charge in [-0.3, -0.25) is 14.9 Å². The zero-order chi connectivity index (χ0) is 25.3. The summed E-state index contributed by atoms with van der Waals surface area (Å²) in [6.07, 6.45) is 2.15. The fourth-order valence-electron chi connectivity index (χ4n) is 4.48. The van der Waals surface area contributed by atoms with E-state index in [0.29, 0.717) is 23.4 Å². The van der Waals surface area contributed by atoms with Crippen molar-refractivity contribution in [2.45, 2.75) is 34.1 Å². The van der Waals surface area contributed by atoms with Crippen LogP contribution in [0.2, 0.25) is 0 Å². The fraction of sp³-hybridized carbons (Fsp3) is 0.207. The van der Waals surface area contributed by atoms with Crippen LogP contribution >= 0.6 is 0 Å². The van der Waals surface area contributed by atoms with E-state index >= 15 is 0 Å². The highest BCUT2D eigenvalue weighted by atomic mass is 16.5. The monoisotopic (exact) mass is 468 g/mol. The van der Waals surface area contributed by atoms with Crippen LogP contribution in [0.1, 0.15) is 38.9 Å². The second kappa shape index (κ2) is 9.58. The summed E-state index contributed by atoms with van der Waals surface area (Å²) >= 11 is 0. The molecule has 0 unspecified atom stereocenters. The van der Waals surface area contributed by atoms with Gasteiger partial charge in [0.05, 0.1) is 12.8 Å². The molecule has 35 heavy (non-hydrogen) atoms. The number of carbonyl (C=O) groups is 3. The SMILES string of the molecule is COc1ccc(/C=C2\C(=O)NC(=O)N(c3ccc(C)cc3C)C2=O)c(Cc2cc(C)cc(C)c2)c1. The van der Waals surface area contributed by atoms with Gasteiger partial charge >= 0.3 is 6.03 Å². The van der Waals surface area contributed by atoms with Crippen molar-refractivity contribution in [3.8, 4) is 5.75 Å². The molecular formula is C29H28N2O4. The normalized spacial score (nSPS) is 14.9. The number of hydrogen-bond donors (Lipinski definition) is 1. The first-order valence-electron chi connectivity index (χ1n) is 11.4. The minimum atomic E-state index is -0.755. The summed E-state index contributed by atoms with van der Waals surface area (Å²) in [6.45, 7) is 7.86. The largest absolute Gasteiger partial charge is 0.497 e. The van der Waals surface area contributed by atoms with Gasteiger partial charge in [-0.2, -0.15) is 0 Å². The number of aryl methyl sites for hydroxylation is 4. The van der Waals surface area contributed by atoms with Gasteiger partial charge in [-0.1, -0.05) is 53.1 Å². The number of barbiturate groups is 1. The van der Waals surface area contributed by atoms with Crippen LogP contribution in [-0.2, 0) is 16.0 Å². The number of rotatable bonds is 5. The predicted molar refractivity (Wildman–Crippen MR) is 137 cm³/mol. The smallest absolute Gasteiger partial charge is 0.335 e. The molecule has 0 atom stereocenters. The number of nitrogens with zero attached hydrogens (tertiary/aromatic N) is 1. The Morgan fingerprint density at radius 1 is 0.857 bits per heavy atom. The molecule has 4 rings (SSSR count). The average Bonchev–Trinajstić information content (AvgIpc) is 2.78. The Kier molecular flexibility index (Phi) is 6.56. The van der Waals surface area contributed by atoms with E-state index in [4.69, 9.17) is 4.74 Å². The number of ether oxygens (including phenoxy) is 1. The van der Waals surface area contributed by atoms with Gasteiger partial charge < -0.3 is 4.74 Å². The second-order valence-electron chi connectivity index (χ2n) is 8.99. The number of hydrogen-bond acceptors (Lipinski definition) is 4. The number of amides is 4. The maximum atomic E-state index is 13.4. The minimum Gasteiger partial charge on any atom is -0.497 e. The van der Waals surface area contributed by atoms with Gasteiger partial charge in [0, 0.05) is 0 Å². The highest BCUT2D eigenvalue weighted by Gasteiger charge is 2.37. The highest BCUT2D eigenvalue weighted by Crippen LogP contribution is 2.28. The predicted octanol–water partition coefficient (Wildman–Crippen LogP) is 5.19. The number of nitrogens with one attached hydrogen (secondary N) is 1. The minimum absolute atomic E-state index is 0.101. The van der Waals surface area contributed by atoms with Gasteiger partial charge in [0.1, 0.15) is 11.3 Å². The average molecular weight is 469 g/mol. The molecule has 0 aromatic heterocycles. The number of imide groups is 2. The molecule has 6 heteroatoms. The van der Waals surface area contributed by atoms with Crippen LogP contribution < -0.4 is 15.0 Å². The van der Waals surface area contributed by atoms with Gasteiger partial charge in [-0.15, -0.1) is 0 Å². The third-order valence-electron chi connectivity index (χ3n) is 6.02. The van der Waals surface area contributed by atoms with Crippen LogP contribution in [0.3, 0.4) is 0 Å². The molecule has 1 heterocycles. The standard InChI is InChI=1S/C29H28N2O4/c1-17-6-9-26(20(4)11-17)31-28(33)25(27(32)30-29(31)34)16-22-7-8-24(35-5)15-23(22)14-21-12-18(2)10-19(3)13-21/h6-13,15-16H,14H2,1-5H3,(H,30,32,34)/b25-16+. The van der Waals surface area contributed by atoms with Crippen molar-refractivity contribution in [3.63, 3.8) is 0 Å². The van der Waals surface area contributed by atoms with Crippen molar-refractivity contribution in [1.82, 2.24) is 5.32 Å². The van der Waals surface area contributed by atoms with Crippen LogP contribution in [-0.4, -0.2) is 25.0 Å². The molecule has 0 spiro atoms. The lowest BCUT2D eigenvalue weighted by molar-refractivity contribution is -0.122. The summed E-state index contributed by atoms with van der Waals surface area (Å²) in [4.78, 5) is 39.8. The lowest BCUT2D eigenvalue weighted by atomic mass is 9.95. The van der Waals surface area contributed by atoms with E-state index in [1.807, 2.05) is 38.1 Å². The summed E-state index contributed by atoms with van der Waals surface area (Å²) in [5, 5.41) is 2.31. The van der Waals surface area contributed by atoms with Gasteiger partial charge in [-0.05, 0) is 80.6 Å². The van der Waals surface area contributed by atoms with Crippen molar-refractivity contribution in [2.24, 2.45) is 0 Å². The molecule has 0 radical (unpaired) electrons. The maximum Gasteiger partial charge on any atom is 0.335 e. The fourth-order valence-corrected chi connectivity index (χ4v) is 4.48. The Hall–Kier alpha value is -4.19. The van der Waals surface area contributed by atoms with Gasteiger partial charge in [0.25, 0.3) is 11.8 Å². The molecule has 1 aliphatic rings. The Balaban J connectivity index is 1.77. The molecule has 1 aliphatic heterocycles. The number of benzene rings is 3. The maximum absolute atomic E-state index is 13.4. The molecule has 1 N–H and O–H groups in total. The summed E-state index contributed by atoms with van der Waals surface area (Å²) in [7, 11) is 1.60. The van der Waals surface area contributed by atoms with E-state index < -0.39 is 17.8 Å². The van der Waals surface area contributed by atoms with Crippen molar-refractivity contribution in [3.05, 3.63) is 99.1 Å². The topological polar surface area (TPSA) is 75.7 Å². The number of anilines is 1. The molecule has 3 aromatic carbocycles. The number of urea groups is 1. The van der Waals surface area contributed by atoms with Gasteiger partial charge in [-0.25, -0.2) is 9.69 Å². The summed E-state index contributed by atoms with van der Waals surface area (Å²) in [5.74, 6) is -0.689. The van der Waals surface area contributed by atoms with Gasteiger partial charge in [0.15, 0.2) is 0 Å². The molecule has 1 saturated heterocycles. The lowest BCUT2D eigenvalue weighted by Crippen LogP contribution is -2.54. The zero-order valence-corrected chi connectivity index (χ0v) is 20.6.